The molecule has 0 radical (unpaired) electrons. The van der Waals surface area contributed by atoms with Gasteiger partial charge in [-0.3, -0.25) is 9.59 Å². The van der Waals surface area contributed by atoms with Gasteiger partial charge in [-0.1, -0.05) is 12.1 Å². The highest BCUT2D eigenvalue weighted by Gasteiger charge is 2.34. The maximum absolute atomic E-state index is 13.1. The summed E-state index contributed by atoms with van der Waals surface area (Å²) in [5.41, 5.74) is 2.02. The first-order valence-electron chi connectivity index (χ1n) is 8.54. The van der Waals surface area contributed by atoms with Gasteiger partial charge in [-0.05, 0) is 31.4 Å². The van der Waals surface area contributed by atoms with Gasteiger partial charge in [-0.15, -0.1) is 0 Å². The summed E-state index contributed by atoms with van der Waals surface area (Å²) in [5, 5.41) is 0. The average molecular weight is 340 g/mol. The Hall–Kier alpha value is -2.76. The number of rotatable bonds is 2. The molecule has 6 heteroatoms. The third-order valence-electron chi connectivity index (χ3n) is 4.83. The number of pyridine rings is 1. The molecule has 1 N–H and O–H groups in total. The van der Waals surface area contributed by atoms with Gasteiger partial charge in [0.25, 0.3) is 5.91 Å². The molecule has 0 spiro atoms. The summed E-state index contributed by atoms with van der Waals surface area (Å²) in [5.74, 6) is 1.42. The molecule has 25 heavy (non-hydrogen) atoms. The number of carbonyl (C=O) groups excluding carboxylic acids is 1. The van der Waals surface area contributed by atoms with Crippen LogP contribution in [0.5, 0.6) is 11.5 Å². The Kier molecular flexibility index (Phi) is 3.95. The van der Waals surface area contributed by atoms with Crippen LogP contribution in [0.2, 0.25) is 0 Å². The monoisotopic (exact) mass is 340 g/mol. The van der Waals surface area contributed by atoms with Crippen LogP contribution in [0.25, 0.3) is 0 Å². The summed E-state index contributed by atoms with van der Waals surface area (Å²) in [6, 6.07) is 7.25. The Labute approximate surface area is 145 Å². The van der Waals surface area contributed by atoms with Crippen LogP contribution >= 0.6 is 0 Å². The fraction of sp³-hybridized carbons (Fsp3) is 0.368. The van der Waals surface area contributed by atoms with Gasteiger partial charge in [-0.2, -0.15) is 0 Å². The quantitative estimate of drug-likeness (QED) is 0.911. The normalized spacial score (nSPS) is 19.1. The second-order valence-corrected chi connectivity index (χ2v) is 6.42. The lowest BCUT2D eigenvalue weighted by Crippen LogP contribution is -2.32. The largest absolute Gasteiger partial charge is 0.486 e. The predicted octanol–water partition coefficient (Wildman–Crippen LogP) is 2.43. The van der Waals surface area contributed by atoms with Gasteiger partial charge in [0, 0.05) is 24.4 Å². The molecule has 3 heterocycles. The van der Waals surface area contributed by atoms with E-state index in [-0.39, 0.29) is 17.5 Å². The molecule has 1 aromatic carbocycles. The van der Waals surface area contributed by atoms with Gasteiger partial charge in [0.2, 0.25) is 5.56 Å². The molecule has 130 valence electrons. The number of nitrogens with one attached hydrogen (secondary N) is 1. The summed E-state index contributed by atoms with van der Waals surface area (Å²) in [7, 11) is 0. The molecular formula is C19H20N2O4. The van der Waals surface area contributed by atoms with E-state index in [1.807, 2.05) is 23.1 Å². The third kappa shape index (κ3) is 2.77. The molecule has 1 unspecified atom stereocenters. The second kappa shape index (κ2) is 6.27. The summed E-state index contributed by atoms with van der Waals surface area (Å²) < 4.78 is 11.5. The van der Waals surface area contributed by atoms with Crippen LogP contribution in [0.4, 0.5) is 0 Å². The molecule has 2 aliphatic rings. The van der Waals surface area contributed by atoms with Crippen molar-refractivity contribution in [3.05, 3.63) is 57.5 Å². The zero-order valence-corrected chi connectivity index (χ0v) is 14.1. The number of hydrogen-bond donors (Lipinski definition) is 1. The number of H-pyrrole nitrogens is 1. The number of ether oxygens (including phenoxy) is 2. The average Bonchev–Trinajstić information content (AvgIpc) is 3.10. The number of fused-ring (bicyclic) bond motifs is 1. The van der Waals surface area contributed by atoms with E-state index < -0.39 is 0 Å². The third-order valence-corrected chi connectivity index (χ3v) is 4.83. The Bertz CT molecular complexity index is 874. The van der Waals surface area contributed by atoms with Crippen LogP contribution in [0, 0.1) is 6.92 Å². The van der Waals surface area contributed by atoms with Gasteiger partial charge >= 0.3 is 0 Å². The zero-order chi connectivity index (χ0) is 17.4. The van der Waals surface area contributed by atoms with Gasteiger partial charge in [0.15, 0.2) is 11.5 Å². The number of likely N-dealkylation sites (tertiary alicyclic amines) is 1. The van der Waals surface area contributed by atoms with E-state index in [4.69, 9.17) is 9.47 Å². The maximum atomic E-state index is 13.1. The first-order chi connectivity index (χ1) is 12.1. The number of amides is 1. The van der Waals surface area contributed by atoms with Crippen LogP contribution in [0.15, 0.2) is 35.3 Å². The van der Waals surface area contributed by atoms with Crippen LogP contribution in [0.3, 0.4) is 0 Å². The highest BCUT2D eigenvalue weighted by Crippen LogP contribution is 2.43. The molecule has 1 fully saturated rings. The van der Waals surface area contributed by atoms with E-state index in [2.05, 4.69) is 4.98 Å². The van der Waals surface area contributed by atoms with Crippen molar-refractivity contribution in [1.29, 1.82) is 0 Å². The predicted molar refractivity (Wildman–Crippen MR) is 92.2 cm³/mol. The summed E-state index contributed by atoms with van der Waals surface area (Å²) in [6.45, 7) is 3.53. The maximum Gasteiger partial charge on any atom is 0.256 e. The van der Waals surface area contributed by atoms with Gasteiger partial charge in [0.05, 0.1) is 11.6 Å². The Morgan fingerprint density at radius 1 is 1.28 bits per heavy atom. The van der Waals surface area contributed by atoms with E-state index in [1.54, 1.807) is 6.92 Å². The molecule has 6 nitrogen and oxygen atoms in total. The minimum absolute atomic E-state index is 0.0459. The minimum atomic E-state index is -0.199. The van der Waals surface area contributed by atoms with Crippen LogP contribution in [0.1, 0.15) is 40.4 Å². The lowest BCUT2D eigenvalue weighted by molar-refractivity contribution is 0.0729. The fourth-order valence-electron chi connectivity index (χ4n) is 3.65. The minimum Gasteiger partial charge on any atom is -0.486 e. The number of aryl methyl sites for hydroxylation is 1. The van der Waals surface area contributed by atoms with Crippen molar-refractivity contribution in [3.8, 4) is 11.5 Å². The Morgan fingerprint density at radius 3 is 2.96 bits per heavy atom. The summed E-state index contributed by atoms with van der Waals surface area (Å²) >= 11 is 0. The lowest BCUT2D eigenvalue weighted by atomic mass is 10.0. The molecule has 4 rings (SSSR count). The van der Waals surface area contributed by atoms with Crippen molar-refractivity contribution < 1.29 is 14.3 Å². The van der Waals surface area contributed by atoms with Crippen LogP contribution < -0.4 is 15.0 Å². The first-order valence-corrected chi connectivity index (χ1v) is 8.54. The Balaban J connectivity index is 1.69. The standard InChI is InChI=1S/C19H20N2O4/c1-12-10-17(22)20-11-14(12)19(23)21-7-3-5-15(21)13-4-2-6-16-18(13)25-9-8-24-16/h2,4,6,10-11,15H,3,5,7-9H2,1H3,(H,20,22). The van der Waals surface area contributed by atoms with Crippen molar-refractivity contribution >= 4 is 5.91 Å². The van der Waals surface area contributed by atoms with E-state index >= 15 is 0 Å². The zero-order valence-electron chi connectivity index (χ0n) is 14.1. The van der Waals surface area contributed by atoms with Crippen molar-refractivity contribution in [2.75, 3.05) is 19.8 Å². The van der Waals surface area contributed by atoms with Crippen molar-refractivity contribution in [2.24, 2.45) is 0 Å². The molecule has 1 atom stereocenters. The SMILES string of the molecule is Cc1cc(=O)[nH]cc1C(=O)N1CCCC1c1cccc2c1OCCO2. The molecule has 2 aromatic rings. The molecule has 1 amide bonds. The van der Waals surface area contributed by atoms with Gasteiger partial charge in [0.1, 0.15) is 13.2 Å². The number of aromatic nitrogens is 1. The highest BCUT2D eigenvalue weighted by molar-refractivity contribution is 5.95. The highest BCUT2D eigenvalue weighted by atomic mass is 16.6. The molecule has 1 saturated heterocycles. The number of para-hydroxylation sites is 1. The number of carbonyl (C=O) groups is 1. The fourth-order valence-corrected chi connectivity index (χ4v) is 3.65. The van der Waals surface area contributed by atoms with Crippen molar-refractivity contribution in [3.63, 3.8) is 0 Å². The van der Waals surface area contributed by atoms with E-state index in [9.17, 15) is 9.59 Å². The topological polar surface area (TPSA) is 71.6 Å². The second-order valence-electron chi connectivity index (χ2n) is 6.42. The van der Waals surface area contributed by atoms with E-state index in [0.717, 1.165) is 29.9 Å². The van der Waals surface area contributed by atoms with Gasteiger partial charge < -0.3 is 19.4 Å². The molecule has 2 aliphatic heterocycles. The first kappa shape index (κ1) is 15.7. The number of benzene rings is 1. The number of hydrogen-bond acceptors (Lipinski definition) is 4. The Morgan fingerprint density at radius 2 is 2.12 bits per heavy atom. The van der Waals surface area contributed by atoms with Crippen LogP contribution in [-0.4, -0.2) is 35.5 Å². The van der Waals surface area contributed by atoms with Crippen molar-refractivity contribution in [1.82, 2.24) is 9.88 Å². The smallest absolute Gasteiger partial charge is 0.256 e. The molecule has 0 aliphatic carbocycles. The molecular weight excluding hydrogens is 320 g/mol. The molecule has 0 saturated carbocycles. The summed E-state index contributed by atoms with van der Waals surface area (Å²) in [6.07, 6.45) is 3.33. The van der Waals surface area contributed by atoms with E-state index in [1.165, 1.54) is 12.3 Å². The van der Waals surface area contributed by atoms with E-state index in [0.29, 0.717) is 30.9 Å². The summed E-state index contributed by atoms with van der Waals surface area (Å²) in [4.78, 5) is 29.0. The number of nitrogens with zero attached hydrogens (tertiary/aromatic N) is 1. The van der Waals surface area contributed by atoms with Crippen molar-refractivity contribution in [2.45, 2.75) is 25.8 Å². The lowest BCUT2D eigenvalue weighted by Gasteiger charge is -2.29. The van der Waals surface area contributed by atoms with Crippen LogP contribution in [-0.2, 0) is 0 Å². The van der Waals surface area contributed by atoms with Gasteiger partial charge in [-0.25, -0.2) is 0 Å². The molecule has 0 bridgehead atoms. The molecule has 1 aromatic heterocycles. The number of aromatic amines is 1.